The highest BCUT2D eigenvalue weighted by Crippen LogP contribution is 2.39. The second-order valence-corrected chi connectivity index (χ2v) is 12.9. The zero-order valence-corrected chi connectivity index (χ0v) is 19.6. The molecule has 1 aliphatic carbocycles. The minimum absolute atomic E-state index is 0.362. The molecule has 2 heteroatoms. The fraction of sp³-hybridized carbons (Fsp3) is 0.481. The molecule has 2 aromatic carbocycles. The second kappa shape index (κ2) is 9.45. The molecule has 0 radical (unpaired) electrons. The average Bonchev–Trinajstić information content (AvgIpc) is 2.75. The van der Waals surface area contributed by atoms with Gasteiger partial charge in [-0.2, -0.15) is 0 Å². The van der Waals surface area contributed by atoms with E-state index in [-0.39, 0.29) is 0 Å². The largest absolute Gasteiger partial charge is 0.306 e. The van der Waals surface area contributed by atoms with Crippen molar-refractivity contribution in [3.8, 4) is 11.1 Å². The molecule has 0 spiro atoms. The van der Waals surface area contributed by atoms with Crippen LogP contribution in [0.5, 0.6) is 0 Å². The number of hydrogen-bond acceptors (Lipinski definition) is 1. The number of hydrogen-bond donors (Lipinski definition) is 1. The molecule has 0 saturated heterocycles. The van der Waals surface area contributed by atoms with Crippen LogP contribution in [0.15, 0.2) is 60.2 Å². The van der Waals surface area contributed by atoms with Gasteiger partial charge in [0, 0.05) is 8.80 Å². The van der Waals surface area contributed by atoms with Crippen LogP contribution < -0.4 is 5.32 Å². The molecule has 2 unspecified atom stereocenters. The van der Waals surface area contributed by atoms with Gasteiger partial charge in [0.2, 0.25) is 0 Å². The van der Waals surface area contributed by atoms with E-state index >= 15 is 0 Å². The van der Waals surface area contributed by atoms with Gasteiger partial charge in [0.25, 0.3) is 0 Å². The van der Waals surface area contributed by atoms with Crippen LogP contribution in [-0.2, 0) is 0 Å². The molecule has 1 N–H and O–H groups in total. The Morgan fingerprint density at radius 1 is 0.931 bits per heavy atom. The second-order valence-electron chi connectivity index (χ2n) is 9.62. The maximum Gasteiger partial charge on any atom is 0.0511 e. The van der Waals surface area contributed by atoms with Gasteiger partial charge in [-0.1, -0.05) is 99.3 Å². The smallest absolute Gasteiger partial charge is 0.0511 e. The van der Waals surface area contributed by atoms with Crippen LogP contribution in [0.2, 0.25) is 18.6 Å². The van der Waals surface area contributed by atoms with Crippen LogP contribution >= 0.6 is 0 Å². The van der Waals surface area contributed by atoms with E-state index in [9.17, 15) is 0 Å². The highest BCUT2D eigenvalue weighted by atomic mass is 28.3. The summed E-state index contributed by atoms with van der Waals surface area (Å²) in [5.74, 6) is 0.931. The van der Waals surface area contributed by atoms with Crippen molar-refractivity contribution in [3.63, 3.8) is 0 Å². The first-order valence-electron chi connectivity index (χ1n) is 11.7. The third-order valence-electron chi connectivity index (χ3n) is 7.19. The number of benzene rings is 2. The summed E-state index contributed by atoms with van der Waals surface area (Å²) in [6.45, 7) is 8.50. The van der Waals surface area contributed by atoms with E-state index in [0.717, 1.165) is 11.5 Å². The molecule has 2 aliphatic rings. The number of nitrogens with one attached hydrogen (secondary N) is 1. The Bertz CT molecular complexity index is 833. The fourth-order valence-electron chi connectivity index (χ4n) is 5.37. The van der Waals surface area contributed by atoms with Crippen molar-refractivity contribution >= 4 is 8.80 Å². The van der Waals surface area contributed by atoms with E-state index in [4.69, 9.17) is 0 Å². The van der Waals surface area contributed by atoms with Gasteiger partial charge in [-0.25, -0.2) is 0 Å². The average molecular weight is 404 g/mol. The van der Waals surface area contributed by atoms with Gasteiger partial charge in [0.05, 0.1) is 6.04 Å². The minimum atomic E-state index is -0.705. The molecule has 2 atom stereocenters. The predicted octanol–water partition coefficient (Wildman–Crippen LogP) is 7.06. The maximum atomic E-state index is 3.91. The predicted molar refractivity (Wildman–Crippen MR) is 129 cm³/mol. The first-order valence-corrected chi connectivity index (χ1v) is 14.7. The van der Waals surface area contributed by atoms with Crippen LogP contribution in [-0.4, -0.2) is 15.3 Å². The summed E-state index contributed by atoms with van der Waals surface area (Å²) in [5, 5.41) is 3.91. The monoisotopic (exact) mass is 403 g/mol. The first-order chi connectivity index (χ1) is 14.1. The van der Waals surface area contributed by atoms with E-state index in [2.05, 4.69) is 79.9 Å². The van der Waals surface area contributed by atoms with Crippen molar-refractivity contribution in [2.75, 3.05) is 6.54 Å². The van der Waals surface area contributed by atoms with Crippen molar-refractivity contribution in [3.05, 3.63) is 71.3 Å². The maximum absolute atomic E-state index is 3.91. The third-order valence-corrected chi connectivity index (χ3v) is 9.46. The van der Waals surface area contributed by atoms with Gasteiger partial charge < -0.3 is 5.32 Å². The van der Waals surface area contributed by atoms with Gasteiger partial charge in [0.1, 0.15) is 0 Å². The summed E-state index contributed by atoms with van der Waals surface area (Å²) in [5.41, 5.74) is 8.10. The van der Waals surface area contributed by atoms with Crippen molar-refractivity contribution in [2.24, 2.45) is 5.92 Å². The van der Waals surface area contributed by atoms with Crippen molar-refractivity contribution in [2.45, 2.75) is 70.1 Å². The number of aryl methyl sites for hydroxylation is 1. The molecule has 1 saturated carbocycles. The van der Waals surface area contributed by atoms with Crippen LogP contribution in [0.25, 0.3) is 11.1 Å². The zero-order valence-electron chi connectivity index (χ0n) is 18.5. The van der Waals surface area contributed by atoms with Crippen LogP contribution in [0.3, 0.4) is 0 Å². The minimum Gasteiger partial charge on any atom is -0.306 e. The van der Waals surface area contributed by atoms with E-state index < -0.39 is 8.80 Å². The first kappa shape index (κ1) is 20.6. The molecule has 0 amide bonds. The van der Waals surface area contributed by atoms with E-state index in [0.29, 0.717) is 6.04 Å². The Morgan fingerprint density at radius 3 is 2.41 bits per heavy atom. The molecular formula is C27H37NSi. The molecule has 2 aromatic rings. The molecular weight excluding hydrogens is 366 g/mol. The highest BCUT2D eigenvalue weighted by Gasteiger charge is 2.28. The topological polar surface area (TPSA) is 12.0 Å². The number of rotatable bonds is 5. The molecule has 1 heterocycles. The van der Waals surface area contributed by atoms with Crippen LogP contribution in [0, 0.1) is 12.8 Å². The Morgan fingerprint density at radius 2 is 1.69 bits per heavy atom. The van der Waals surface area contributed by atoms with Crippen molar-refractivity contribution in [1.82, 2.24) is 5.32 Å². The third kappa shape index (κ3) is 4.92. The van der Waals surface area contributed by atoms with Crippen LogP contribution in [0.1, 0.15) is 55.7 Å². The Kier molecular flexibility index (Phi) is 6.72. The summed E-state index contributed by atoms with van der Waals surface area (Å²) in [6, 6.07) is 18.1. The molecule has 4 rings (SSSR count). The van der Waals surface area contributed by atoms with Gasteiger partial charge in [-0.05, 0) is 59.7 Å². The van der Waals surface area contributed by atoms with E-state index in [1.54, 1.807) is 5.57 Å². The molecule has 1 nitrogen and oxygen atoms in total. The van der Waals surface area contributed by atoms with Crippen molar-refractivity contribution < 1.29 is 0 Å². The lowest BCUT2D eigenvalue weighted by Gasteiger charge is -2.35. The normalized spacial score (nSPS) is 23.2. The molecule has 0 aromatic heterocycles. The Hall–Kier alpha value is -1.64. The summed E-state index contributed by atoms with van der Waals surface area (Å²) >= 11 is 0. The Balaban J connectivity index is 1.63. The molecule has 1 fully saturated rings. The summed E-state index contributed by atoms with van der Waals surface area (Å²) in [4.78, 5) is 0. The van der Waals surface area contributed by atoms with Crippen LogP contribution in [0.4, 0.5) is 0 Å². The lowest BCUT2D eigenvalue weighted by Crippen LogP contribution is -2.35. The van der Waals surface area contributed by atoms with E-state index in [1.165, 1.54) is 67.3 Å². The lowest BCUT2D eigenvalue weighted by molar-refractivity contribution is 0.350. The van der Waals surface area contributed by atoms with E-state index in [1.807, 2.05) is 0 Å². The molecule has 1 aliphatic heterocycles. The van der Waals surface area contributed by atoms with Crippen molar-refractivity contribution in [1.29, 1.82) is 0 Å². The summed E-state index contributed by atoms with van der Waals surface area (Å²) < 4.78 is 0. The highest BCUT2D eigenvalue weighted by molar-refractivity contribution is 6.58. The quantitative estimate of drug-likeness (QED) is 0.416. The lowest BCUT2D eigenvalue weighted by atomic mass is 9.82. The van der Waals surface area contributed by atoms with Gasteiger partial charge in [0.15, 0.2) is 0 Å². The zero-order chi connectivity index (χ0) is 20.2. The van der Waals surface area contributed by atoms with Gasteiger partial charge in [-0.3, -0.25) is 0 Å². The molecule has 154 valence electrons. The Labute approximate surface area is 179 Å². The van der Waals surface area contributed by atoms with Gasteiger partial charge >= 0.3 is 0 Å². The summed E-state index contributed by atoms with van der Waals surface area (Å²) in [7, 11) is -0.705. The standard InChI is InChI=1S/C27H37NSi/c1-20-14-15-23(22-12-8-5-9-13-22)17-25(20)26-18-24(27(19-28-26)29(2)3)16-21-10-6-4-7-11-21/h5,8-9,12-15,17-18,21,26-29H,4,6-7,10-11,16,19H2,1-3H3. The SMILES string of the molecule is Cc1ccc(-c2ccccc2)cc1C1C=C(CC2CCCCC2)C([SiH](C)C)CN1. The molecule has 29 heavy (non-hydrogen) atoms. The molecule has 0 bridgehead atoms. The summed E-state index contributed by atoms with van der Waals surface area (Å²) in [6.07, 6.45) is 11.2. The fourth-order valence-corrected chi connectivity index (χ4v) is 7.09. The van der Waals surface area contributed by atoms with Gasteiger partial charge in [-0.15, -0.1) is 0 Å².